The van der Waals surface area contributed by atoms with E-state index in [2.05, 4.69) is 6.07 Å². The monoisotopic (exact) mass is 234 g/mol. The Morgan fingerprint density at radius 3 is 2.59 bits per heavy atom. The Morgan fingerprint density at radius 1 is 1.41 bits per heavy atom. The van der Waals surface area contributed by atoms with Crippen LogP contribution >= 0.6 is 0 Å². The van der Waals surface area contributed by atoms with Crippen molar-refractivity contribution in [3.8, 4) is 6.07 Å². The summed E-state index contributed by atoms with van der Waals surface area (Å²) in [5.41, 5.74) is 1.61. The molecule has 0 aromatic heterocycles. The Morgan fingerprint density at radius 2 is 2.06 bits per heavy atom. The first-order valence-corrected chi connectivity index (χ1v) is 5.64. The molecule has 92 valence electrons. The summed E-state index contributed by atoms with van der Waals surface area (Å²) in [7, 11) is 1.90. The predicted octanol–water partition coefficient (Wildman–Crippen LogP) is 1.39. The van der Waals surface area contributed by atoms with Gasteiger partial charge in [0.1, 0.15) is 0 Å². The molecule has 1 atom stereocenters. The van der Waals surface area contributed by atoms with Crippen molar-refractivity contribution in [1.82, 2.24) is 0 Å². The van der Waals surface area contributed by atoms with Crippen molar-refractivity contribution in [2.45, 2.75) is 13.0 Å². The van der Waals surface area contributed by atoms with E-state index in [0.717, 1.165) is 5.69 Å². The molecule has 1 N–H and O–H groups in total. The van der Waals surface area contributed by atoms with Gasteiger partial charge in [-0.25, -0.2) is 0 Å². The van der Waals surface area contributed by atoms with Crippen LogP contribution in [0.1, 0.15) is 12.5 Å². The zero-order valence-electron chi connectivity index (χ0n) is 10.3. The van der Waals surface area contributed by atoms with Gasteiger partial charge in [0, 0.05) is 25.9 Å². The molecule has 4 nitrogen and oxygen atoms in total. The number of nitriles is 1. The smallest absolute Gasteiger partial charge is 0.0991 e. The minimum Gasteiger partial charge on any atom is -0.389 e. The quantitative estimate of drug-likeness (QED) is 0.808. The summed E-state index contributed by atoms with van der Waals surface area (Å²) in [4.78, 5) is 1.94. The van der Waals surface area contributed by atoms with E-state index in [1.54, 1.807) is 12.1 Å². The summed E-state index contributed by atoms with van der Waals surface area (Å²) in [5, 5.41) is 18.4. The van der Waals surface area contributed by atoms with Gasteiger partial charge in [-0.3, -0.25) is 0 Å². The van der Waals surface area contributed by atoms with Crippen LogP contribution in [0.3, 0.4) is 0 Å². The minimum absolute atomic E-state index is 0.344. The van der Waals surface area contributed by atoms with E-state index in [-0.39, 0.29) is 0 Å². The molecule has 1 aromatic carbocycles. The molecule has 0 radical (unpaired) electrons. The number of aliphatic hydroxyl groups is 1. The van der Waals surface area contributed by atoms with Gasteiger partial charge in [-0.2, -0.15) is 5.26 Å². The molecule has 0 saturated heterocycles. The number of aliphatic hydroxyl groups excluding tert-OH is 1. The number of rotatable bonds is 6. The fourth-order valence-corrected chi connectivity index (χ4v) is 1.52. The van der Waals surface area contributed by atoms with Gasteiger partial charge in [0.2, 0.25) is 0 Å². The van der Waals surface area contributed by atoms with Gasteiger partial charge in [-0.1, -0.05) is 0 Å². The van der Waals surface area contributed by atoms with Crippen molar-refractivity contribution in [1.29, 1.82) is 5.26 Å². The Kier molecular flexibility index (Phi) is 5.47. The van der Waals surface area contributed by atoms with Crippen LogP contribution in [0.15, 0.2) is 24.3 Å². The topological polar surface area (TPSA) is 56.5 Å². The second kappa shape index (κ2) is 6.89. The van der Waals surface area contributed by atoms with Gasteiger partial charge >= 0.3 is 0 Å². The Bertz CT molecular complexity index is 370. The second-order valence-electron chi connectivity index (χ2n) is 3.85. The molecule has 0 bridgehead atoms. The van der Waals surface area contributed by atoms with Gasteiger partial charge in [0.15, 0.2) is 0 Å². The van der Waals surface area contributed by atoms with Crippen molar-refractivity contribution < 1.29 is 9.84 Å². The largest absolute Gasteiger partial charge is 0.389 e. The summed E-state index contributed by atoms with van der Waals surface area (Å²) in [6.45, 7) is 3.36. The van der Waals surface area contributed by atoms with Crippen LogP contribution in [-0.2, 0) is 4.74 Å². The van der Waals surface area contributed by atoms with Crippen molar-refractivity contribution in [3.63, 3.8) is 0 Å². The number of nitrogens with zero attached hydrogens (tertiary/aromatic N) is 2. The van der Waals surface area contributed by atoms with E-state index in [4.69, 9.17) is 10.00 Å². The third kappa shape index (κ3) is 4.43. The molecule has 0 heterocycles. The van der Waals surface area contributed by atoms with E-state index < -0.39 is 6.10 Å². The van der Waals surface area contributed by atoms with Gasteiger partial charge in [-0.05, 0) is 31.2 Å². The first-order valence-electron chi connectivity index (χ1n) is 5.64. The third-order valence-corrected chi connectivity index (χ3v) is 2.44. The molecule has 0 amide bonds. The molecule has 1 unspecified atom stereocenters. The summed E-state index contributed by atoms with van der Waals surface area (Å²) in [6, 6.07) is 9.34. The molecule has 1 aromatic rings. The molecule has 17 heavy (non-hydrogen) atoms. The highest BCUT2D eigenvalue weighted by molar-refractivity contribution is 5.49. The zero-order chi connectivity index (χ0) is 12.7. The predicted molar refractivity (Wildman–Crippen MR) is 66.9 cm³/mol. The number of hydrogen-bond acceptors (Lipinski definition) is 4. The van der Waals surface area contributed by atoms with E-state index in [1.165, 1.54) is 0 Å². The highest BCUT2D eigenvalue weighted by Crippen LogP contribution is 2.13. The third-order valence-electron chi connectivity index (χ3n) is 2.44. The van der Waals surface area contributed by atoms with Gasteiger partial charge in [0.25, 0.3) is 0 Å². The van der Waals surface area contributed by atoms with Crippen molar-refractivity contribution >= 4 is 5.69 Å². The molecule has 1 rings (SSSR count). The summed E-state index contributed by atoms with van der Waals surface area (Å²) in [5.74, 6) is 0. The van der Waals surface area contributed by atoms with E-state index in [1.807, 2.05) is 31.0 Å². The molecule has 0 fully saturated rings. The lowest BCUT2D eigenvalue weighted by Gasteiger charge is -2.22. The number of ether oxygens (including phenoxy) is 1. The van der Waals surface area contributed by atoms with Crippen molar-refractivity contribution in [2.75, 3.05) is 31.7 Å². The summed E-state index contributed by atoms with van der Waals surface area (Å²) in [6.07, 6.45) is -0.504. The minimum atomic E-state index is -0.504. The first-order chi connectivity index (χ1) is 8.17. The number of anilines is 1. The van der Waals surface area contributed by atoms with Crippen LogP contribution in [0.2, 0.25) is 0 Å². The molecular formula is C13H18N2O2. The molecule has 0 aliphatic heterocycles. The highest BCUT2D eigenvalue weighted by Gasteiger charge is 2.08. The highest BCUT2D eigenvalue weighted by atomic mass is 16.5. The van der Waals surface area contributed by atoms with E-state index in [9.17, 15) is 5.11 Å². The van der Waals surface area contributed by atoms with Crippen LogP contribution in [-0.4, -0.2) is 38.0 Å². The Balaban J connectivity index is 2.51. The molecule has 4 heteroatoms. The average molecular weight is 234 g/mol. The lowest BCUT2D eigenvalue weighted by Crippen LogP contribution is -2.32. The van der Waals surface area contributed by atoms with E-state index in [0.29, 0.717) is 25.3 Å². The lowest BCUT2D eigenvalue weighted by molar-refractivity contribution is 0.0469. The first kappa shape index (κ1) is 13.5. The number of likely N-dealkylation sites (N-methyl/N-ethyl adjacent to an activating group) is 1. The number of benzene rings is 1. The molecule has 0 aliphatic carbocycles. The lowest BCUT2D eigenvalue weighted by atomic mass is 10.2. The maximum absolute atomic E-state index is 9.69. The Labute approximate surface area is 102 Å². The molecule has 0 saturated carbocycles. The number of hydrogen-bond donors (Lipinski definition) is 1. The SMILES string of the molecule is CCOCC(O)CN(C)c1ccc(C#N)cc1. The van der Waals surface area contributed by atoms with E-state index >= 15 is 0 Å². The average Bonchev–Trinajstić information content (AvgIpc) is 2.36. The fraction of sp³-hybridized carbons (Fsp3) is 0.462. The summed E-state index contributed by atoms with van der Waals surface area (Å²) >= 11 is 0. The normalized spacial score (nSPS) is 11.9. The van der Waals surface area contributed by atoms with Gasteiger partial charge in [-0.15, -0.1) is 0 Å². The molecular weight excluding hydrogens is 216 g/mol. The van der Waals surface area contributed by atoms with Crippen LogP contribution in [0.25, 0.3) is 0 Å². The van der Waals surface area contributed by atoms with Crippen LogP contribution in [0.4, 0.5) is 5.69 Å². The Hall–Kier alpha value is -1.57. The second-order valence-corrected chi connectivity index (χ2v) is 3.85. The van der Waals surface area contributed by atoms with Crippen LogP contribution in [0, 0.1) is 11.3 Å². The maximum atomic E-state index is 9.69. The van der Waals surface area contributed by atoms with Crippen LogP contribution in [0.5, 0.6) is 0 Å². The van der Waals surface area contributed by atoms with Gasteiger partial charge < -0.3 is 14.7 Å². The zero-order valence-corrected chi connectivity index (χ0v) is 10.3. The molecule has 0 aliphatic rings. The standard InChI is InChI=1S/C13H18N2O2/c1-3-17-10-13(16)9-15(2)12-6-4-11(8-14)5-7-12/h4-7,13,16H,3,9-10H2,1-2H3. The van der Waals surface area contributed by atoms with Crippen molar-refractivity contribution in [2.24, 2.45) is 0 Å². The van der Waals surface area contributed by atoms with Crippen LogP contribution < -0.4 is 4.90 Å². The maximum Gasteiger partial charge on any atom is 0.0991 e. The summed E-state index contributed by atoms with van der Waals surface area (Å²) < 4.78 is 5.15. The van der Waals surface area contributed by atoms with Gasteiger partial charge in [0.05, 0.1) is 24.3 Å². The van der Waals surface area contributed by atoms with Crippen molar-refractivity contribution in [3.05, 3.63) is 29.8 Å². The fourth-order valence-electron chi connectivity index (χ4n) is 1.52. The molecule has 0 spiro atoms.